The highest BCUT2D eigenvalue weighted by molar-refractivity contribution is 5.95. The minimum atomic E-state index is -0.0288. The van der Waals surface area contributed by atoms with E-state index in [1.807, 2.05) is 12.1 Å². The molecule has 0 saturated carbocycles. The third kappa shape index (κ3) is 4.20. The summed E-state index contributed by atoms with van der Waals surface area (Å²) < 4.78 is 0. The lowest BCUT2D eigenvalue weighted by atomic mass is 10.1. The number of oxime groups is 1. The topological polar surface area (TPSA) is 50.7 Å². The molecule has 0 aromatic heterocycles. The number of carbonyl (C=O) groups excluding carboxylic acids is 1. The van der Waals surface area contributed by atoms with E-state index in [1.165, 1.54) is 7.11 Å². The highest BCUT2D eigenvalue weighted by Gasteiger charge is 2.09. The van der Waals surface area contributed by atoms with Crippen molar-refractivity contribution in [1.82, 2.24) is 5.32 Å². The van der Waals surface area contributed by atoms with Crippen molar-refractivity contribution in [2.45, 2.75) is 32.7 Å². The fraction of sp³-hybridized carbons (Fsp3) is 0.429. The molecule has 1 N–H and O–H groups in total. The highest BCUT2D eigenvalue weighted by Crippen LogP contribution is 2.05. The van der Waals surface area contributed by atoms with Gasteiger partial charge in [-0.2, -0.15) is 0 Å². The molecule has 1 aromatic rings. The Kier molecular flexibility index (Phi) is 5.91. The summed E-state index contributed by atoms with van der Waals surface area (Å²) in [5.74, 6) is -0.0288. The van der Waals surface area contributed by atoms with E-state index in [4.69, 9.17) is 0 Å². The molecule has 4 heteroatoms. The summed E-state index contributed by atoms with van der Waals surface area (Å²) in [6, 6.07) is 7.49. The first-order valence-corrected chi connectivity index (χ1v) is 6.18. The number of carbonyl (C=O) groups is 1. The monoisotopic (exact) mass is 248 g/mol. The largest absolute Gasteiger partial charge is 0.399 e. The number of hydrogen-bond donors (Lipinski definition) is 1. The van der Waals surface area contributed by atoms with Crippen LogP contribution >= 0.6 is 0 Å². The van der Waals surface area contributed by atoms with E-state index in [0.29, 0.717) is 5.56 Å². The highest BCUT2D eigenvalue weighted by atomic mass is 16.6. The Morgan fingerprint density at radius 1 is 1.33 bits per heavy atom. The summed E-state index contributed by atoms with van der Waals surface area (Å²) in [6.45, 7) is 4.14. The molecule has 0 aliphatic rings. The summed E-state index contributed by atoms with van der Waals surface area (Å²) in [5, 5.41) is 6.66. The molecule has 0 aliphatic heterocycles. The molecule has 1 aromatic carbocycles. The second kappa shape index (κ2) is 7.48. The van der Waals surface area contributed by atoms with Gasteiger partial charge in [-0.1, -0.05) is 31.1 Å². The van der Waals surface area contributed by atoms with E-state index in [0.717, 1.165) is 18.4 Å². The van der Waals surface area contributed by atoms with Crippen LogP contribution in [0.25, 0.3) is 0 Å². The molecule has 0 bridgehead atoms. The summed E-state index contributed by atoms with van der Waals surface area (Å²) in [5.41, 5.74) is 1.56. The van der Waals surface area contributed by atoms with Crippen molar-refractivity contribution >= 4 is 12.1 Å². The van der Waals surface area contributed by atoms with Gasteiger partial charge in [0.05, 0.1) is 6.21 Å². The van der Waals surface area contributed by atoms with Crippen LogP contribution in [0.15, 0.2) is 29.4 Å². The van der Waals surface area contributed by atoms with Crippen molar-refractivity contribution < 1.29 is 9.63 Å². The van der Waals surface area contributed by atoms with Gasteiger partial charge in [0.1, 0.15) is 7.11 Å². The van der Waals surface area contributed by atoms with E-state index < -0.39 is 0 Å². The second-order valence-corrected chi connectivity index (χ2v) is 4.03. The Morgan fingerprint density at radius 2 is 1.94 bits per heavy atom. The van der Waals surface area contributed by atoms with E-state index in [-0.39, 0.29) is 11.9 Å². The van der Waals surface area contributed by atoms with Gasteiger partial charge in [-0.15, -0.1) is 0 Å². The van der Waals surface area contributed by atoms with Gasteiger partial charge in [0, 0.05) is 11.6 Å². The normalized spacial score (nSPS) is 10.9. The van der Waals surface area contributed by atoms with E-state index in [1.54, 1.807) is 18.3 Å². The third-order valence-corrected chi connectivity index (χ3v) is 2.80. The second-order valence-electron chi connectivity index (χ2n) is 4.03. The Labute approximate surface area is 108 Å². The number of amides is 1. The van der Waals surface area contributed by atoms with Gasteiger partial charge in [0.15, 0.2) is 0 Å². The van der Waals surface area contributed by atoms with Gasteiger partial charge < -0.3 is 10.2 Å². The van der Waals surface area contributed by atoms with E-state index >= 15 is 0 Å². The van der Waals surface area contributed by atoms with Gasteiger partial charge in [0.25, 0.3) is 5.91 Å². The summed E-state index contributed by atoms with van der Waals surface area (Å²) in [4.78, 5) is 16.5. The maximum absolute atomic E-state index is 11.9. The zero-order valence-corrected chi connectivity index (χ0v) is 11.1. The molecule has 4 nitrogen and oxygen atoms in total. The summed E-state index contributed by atoms with van der Waals surface area (Å²) in [7, 11) is 1.49. The number of nitrogens with zero attached hydrogens (tertiary/aromatic N) is 1. The molecule has 0 aliphatic carbocycles. The maximum Gasteiger partial charge on any atom is 0.251 e. The molecule has 1 amide bonds. The van der Waals surface area contributed by atoms with Gasteiger partial charge >= 0.3 is 0 Å². The van der Waals surface area contributed by atoms with Crippen molar-refractivity contribution in [3.8, 4) is 0 Å². The molecular formula is C14H20N2O2. The van der Waals surface area contributed by atoms with Gasteiger partial charge in [-0.3, -0.25) is 4.79 Å². The number of hydrogen-bond acceptors (Lipinski definition) is 3. The van der Waals surface area contributed by atoms with Crippen LogP contribution in [0.5, 0.6) is 0 Å². The third-order valence-electron chi connectivity index (χ3n) is 2.80. The average Bonchev–Trinajstić information content (AvgIpc) is 2.42. The number of rotatable bonds is 6. The van der Waals surface area contributed by atoms with Crippen molar-refractivity contribution in [2.24, 2.45) is 5.16 Å². The van der Waals surface area contributed by atoms with Crippen LogP contribution in [0.4, 0.5) is 0 Å². The Morgan fingerprint density at radius 3 is 2.44 bits per heavy atom. The lowest BCUT2D eigenvalue weighted by molar-refractivity contribution is 0.0935. The first-order chi connectivity index (χ1) is 8.71. The molecule has 0 radical (unpaired) electrons. The zero-order chi connectivity index (χ0) is 13.4. The molecule has 98 valence electrons. The van der Waals surface area contributed by atoms with Gasteiger partial charge in [-0.05, 0) is 30.5 Å². The van der Waals surface area contributed by atoms with Crippen LogP contribution in [0, 0.1) is 0 Å². The Bertz CT molecular complexity index is 395. The molecule has 18 heavy (non-hydrogen) atoms. The lowest BCUT2D eigenvalue weighted by Crippen LogP contribution is -2.33. The van der Waals surface area contributed by atoms with Crippen LogP contribution in [0.1, 0.15) is 42.6 Å². The molecule has 0 spiro atoms. The smallest absolute Gasteiger partial charge is 0.251 e. The predicted molar refractivity (Wildman–Crippen MR) is 72.9 cm³/mol. The summed E-state index contributed by atoms with van der Waals surface area (Å²) in [6.07, 6.45) is 3.49. The van der Waals surface area contributed by atoms with Crippen LogP contribution in [-0.2, 0) is 4.84 Å². The van der Waals surface area contributed by atoms with Gasteiger partial charge in [0.2, 0.25) is 0 Å². The molecule has 0 unspecified atom stereocenters. The predicted octanol–water partition coefficient (Wildman–Crippen LogP) is 2.59. The minimum Gasteiger partial charge on any atom is -0.399 e. The Hall–Kier alpha value is -1.84. The Balaban J connectivity index is 2.67. The molecule has 0 saturated heterocycles. The minimum absolute atomic E-state index is 0.0288. The van der Waals surface area contributed by atoms with Crippen molar-refractivity contribution in [2.75, 3.05) is 7.11 Å². The van der Waals surface area contributed by atoms with Crippen LogP contribution in [-0.4, -0.2) is 25.3 Å². The van der Waals surface area contributed by atoms with Crippen molar-refractivity contribution in [1.29, 1.82) is 0 Å². The van der Waals surface area contributed by atoms with Crippen LogP contribution in [0.3, 0.4) is 0 Å². The fourth-order valence-corrected chi connectivity index (χ4v) is 1.60. The maximum atomic E-state index is 11.9. The molecule has 1 rings (SSSR count). The number of nitrogens with one attached hydrogen (secondary N) is 1. The van der Waals surface area contributed by atoms with Crippen molar-refractivity contribution in [3.63, 3.8) is 0 Å². The molecule has 0 fully saturated rings. The van der Waals surface area contributed by atoms with Crippen LogP contribution < -0.4 is 5.32 Å². The zero-order valence-electron chi connectivity index (χ0n) is 11.1. The number of benzene rings is 1. The SMILES string of the molecule is CCC(CC)NC(=O)c1ccc(/C=N/OC)cc1. The molecule has 0 atom stereocenters. The lowest BCUT2D eigenvalue weighted by Gasteiger charge is -2.14. The van der Waals surface area contributed by atoms with E-state index in [2.05, 4.69) is 29.2 Å². The van der Waals surface area contributed by atoms with Crippen LogP contribution in [0.2, 0.25) is 0 Å². The first-order valence-electron chi connectivity index (χ1n) is 6.18. The quantitative estimate of drug-likeness (QED) is 0.621. The van der Waals surface area contributed by atoms with Crippen molar-refractivity contribution in [3.05, 3.63) is 35.4 Å². The summed E-state index contributed by atoms with van der Waals surface area (Å²) >= 11 is 0. The fourth-order valence-electron chi connectivity index (χ4n) is 1.60. The molecule has 0 heterocycles. The first kappa shape index (κ1) is 14.2. The standard InChI is InChI=1S/C14H20N2O2/c1-4-13(5-2)16-14(17)12-8-6-11(7-9-12)10-15-18-3/h6-10,13H,4-5H2,1-3H3,(H,16,17)/b15-10+. The van der Waals surface area contributed by atoms with Gasteiger partial charge in [-0.25, -0.2) is 0 Å². The average molecular weight is 248 g/mol. The molecular weight excluding hydrogens is 228 g/mol. The van der Waals surface area contributed by atoms with E-state index in [9.17, 15) is 4.79 Å².